The summed E-state index contributed by atoms with van der Waals surface area (Å²) in [7, 11) is 5.45. The van der Waals surface area contributed by atoms with Gasteiger partial charge in [0.25, 0.3) is 0 Å². The number of aryl methyl sites for hydroxylation is 2. The van der Waals surface area contributed by atoms with Crippen LogP contribution in [0.1, 0.15) is 61.9 Å². The Labute approximate surface area is 188 Å². The van der Waals surface area contributed by atoms with Gasteiger partial charge in [0.2, 0.25) is 0 Å². The molecule has 2 unspecified atom stereocenters. The maximum absolute atomic E-state index is 10.3. The van der Waals surface area contributed by atoms with Crippen molar-refractivity contribution in [2.75, 3.05) is 27.8 Å². The smallest absolute Gasteiger partial charge is 0.122 e. The number of nitriles is 1. The molecule has 0 spiro atoms. The van der Waals surface area contributed by atoms with E-state index in [2.05, 4.69) is 70.8 Å². The van der Waals surface area contributed by atoms with E-state index in [9.17, 15) is 5.26 Å². The van der Waals surface area contributed by atoms with E-state index in [4.69, 9.17) is 9.47 Å². The molecule has 0 aliphatic rings. The van der Waals surface area contributed by atoms with Crippen LogP contribution in [0.5, 0.6) is 11.5 Å². The molecule has 0 aliphatic carbocycles. The van der Waals surface area contributed by atoms with Crippen LogP contribution in [0.15, 0.2) is 36.4 Å². The molecule has 0 radical (unpaired) electrons. The Kier molecular flexibility index (Phi) is 8.53. The Morgan fingerprint density at radius 1 is 0.968 bits per heavy atom. The fraction of sp³-hybridized carbons (Fsp3) is 0.519. The third-order valence-electron chi connectivity index (χ3n) is 6.81. The Morgan fingerprint density at radius 2 is 1.58 bits per heavy atom. The molecule has 4 nitrogen and oxygen atoms in total. The van der Waals surface area contributed by atoms with Gasteiger partial charge in [-0.15, -0.1) is 0 Å². The lowest BCUT2D eigenvalue weighted by Gasteiger charge is -2.33. The summed E-state index contributed by atoms with van der Waals surface area (Å²) in [4.78, 5) is 2.37. The molecule has 2 aromatic carbocycles. The van der Waals surface area contributed by atoms with E-state index in [0.717, 1.165) is 36.4 Å². The highest BCUT2D eigenvalue weighted by Gasteiger charge is 2.36. The first-order valence-electron chi connectivity index (χ1n) is 11.1. The van der Waals surface area contributed by atoms with Crippen molar-refractivity contribution >= 4 is 0 Å². The second-order valence-electron chi connectivity index (χ2n) is 8.94. The van der Waals surface area contributed by atoms with E-state index in [-0.39, 0.29) is 5.92 Å². The molecule has 0 aromatic heterocycles. The average molecular weight is 423 g/mol. The molecule has 2 rings (SSSR count). The van der Waals surface area contributed by atoms with Crippen LogP contribution in [-0.2, 0) is 5.41 Å². The molecule has 168 valence electrons. The maximum Gasteiger partial charge on any atom is 0.122 e. The van der Waals surface area contributed by atoms with Gasteiger partial charge in [-0.2, -0.15) is 5.26 Å². The standard InChI is InChI=1S/C27H38N2O2/c1-19(2)27(18-28,24-15-25(30-7)17-26(16-24)31-8)12-9-13-29(6)22(5)23-11-10-20(3)21(4)14-23/h10-11,14-17,19,22H,9,12-13H2,1-8H3. The van der Waals surface area contributed by atoms with Crippen LogP contribution in [0.25, 0.3) is 0 Å². The molecule has 0 N–H and O–H groups in total. The van der Waals surface area contributed by atoms with Gasteiger partial charge in [-0.05, 0) is 87.5 Å². The number of hydrogen-bond donors (Lipinski definition) is 0. The molecule has 2 aromatic rings. The van der Waals surface area contributed by atoms with Crippen LogP contribution in [0.3, 0.4) is 0 Å². The van der Waals surface area contributed by atoms with Crippen LogP contribution < -0.4 is 9.47 Å². The summed E-state index contributed by atoms with van der Waals surface area (Å²) in [5.74, 6) is 1.60. The van der Waals surface area contributed by atoms with E-state index in [1.54, 1.807) is 14.2 Å². The lowest BCUT2D eigenvalue weighted by molar-refractivity contribution is 0.241. The number of rotatable bonds is 10. The number of methoxy groups -OCH3 is 2. The second-order valence-corrected chi connectivity index (χ2v) is 8.94. The molecule has 4 heteroatoms. The van der Waals surface area contributed by atoms with Gasteiger partial charge in [0.15, 0.2) is 0 Å². The molecule has 0 fully saturated rings. The summed E-state index contributed by atoms with van der Waals surface area (Å²) >= 11 is 0. The van der Waals surface area contributed by atoms with Crippen LogP contribution >= 0.6 is 0 Å². The third-order valence-corrected chi connectivity index (χ3v) is 6.81. The van der Waals surface area contributed by atoms with Gasteiger partial charge in [0, 0.05) is 12.1 Å². The molecule has 0 bridgehead atoms. The number of benzene rings is 2. The fourth-order valence-electron chi connectivity index (χ4n) is 4.16. The van der Waals surface area contributed by atoms with Crippen molar-refractivity contribution in [1.29, 1.82) is 5.26 Å². The van der Waals surface area contributed by atoms with Crippen LogP contribution in [0.2, 0.25) is 0 Å². The topological polar surface area (TPSA) is 45.5 Å². The molecular weight excluding hydrogens is 384 g/mol. The zero-order valence-electron chi connectivity index (χ0n) is 20.5. The lowest BCUT2D eigenvalue weighted by atomic mass is 9.69. The van der Waals surface area contributed by atoms with E-state index in [1.165, 1.54) is 16.7 Å². The Balaban J connectivity index is 2.19. The summed E-state index contributed by atoms with van der Waals surface area (Å²) in [6.45, 7) is 11.7. The van der Waals surface area contributed by atoms with Crippen molar-refractivity contribution in [2.45, 2.75) is 58.9 Å². The van der Waals surface area contributed by atoms with Crippen molar-refractivity contribution < 1.29 is 9.47 Å². The SMILES string of the molecule is COc1cc(OC)cc(C(C#N)(CCCN(C)C(C)c2ccc(C)c(C)c2)C(C)C)c1. The van der Waals surface area contributed by atoms with E-state index in [1.807, 2.05) is 18.2 Å². The molecule has 0 saturated heterocycles. The molecule has 31 heavy (non-hydrogen) atoms. The quantitative estimate of drug-likeness (QED) is 0.456. The summed E-state index contributed by atoms with van der Waals surface area (Å²) in [6.07, 6.45) is 1.71. The summed E-state index contributed by atoms with van der Waals surface area (Å²) in [5, 5.41) is 10.3. The first kappa shape index (κ1) is 24.8. The summed E-state index contributed by atoms with van der Waals surface area (Å²) in [5.41, 5.74) is 4.35. The minimum absolute atomic E-state index is 0.164. The number of nitrogens with zero attached hydrogens (tertiary/aromatic N) is 2. The van der Waals surface area contributed by atoms with Crippen molar-refractivity contribution in [1.82, 2.24) is 4.90 Å². The van der Waals surface area contributed by atoms with Gasteiger partial charge in [-0.25, -0.2) is 0 Å². The maximum atomic E-state index is 10.3. The van der Waals surface area contributed by atoms with Crippen molar-refractivity contribution in [3.63, 3.8) is 0 Å². The molecule has 0 aliphatic heterocycles. The number of ether oxygens (including phenoxy) is 2. The first-order chi connectivity index (χ1) is 14.7. The highest BCUT2D eigenvalue weighted by Crippen LogP contribution is 2.40. The van der Waals surface area contributed by atoms with E-state index < -0.39 is 5.41 Å². The van der Waals surface area contributed by atoms with Gasteiger partial charge >= 0.3 is 0 Å². The third kappa shape index (κ3) is 5.60. The fourth-order valence-corrected chi connectivity index (χ4v) is 4.16. The van der Waals surface area contributed by atoms with Gasteiger partial charge in [-0.1, -0.05) is 32.0 Å². The van der Waals surface area contributed by atoms with E-state index in [0.29, 0.717) is 6.04 Å². The average Bonchev–Trinajstić information content (AvgIpc) is 2.77. The molecule has 2 atom stereocenters. The highest BCUT2D eigenvalue weighted by molar-refractivity contribution is 5.45. The molecular formula is C27H38N2O2. The van der Waals surface area contributed by atoms with Gasteiger partial charge in [0.1, 0.15) is 11.5 Å². The number of hydrogen-bond acceptors (Lipinski definition) is 4. The van der Waals surface area contributed by atoms with Crippen molar-refractivity contribution in [3.05, 3.63) is 58.7 Å². The van der Waals surface area contributed by atoms with Gasteiger partial charge in [0.05, 0.1) is 25.7 Å². The van der Waals surface area contributed by atoms with Gasteiger partial charge < -0.3 is 9.47 Å². The normalized spacial score (nSPS) is 14.2. The van der Waals surface area contributed by atoms with E-state index >= 15 is 0 Å². The highest BCUT2D eigenvalue weighted by atomic mass is 16.5. The minimum atomic E-state index is -0.591. The van der Waals surface area contributed by atoms with Crippen molar-refractivity contribution in [3.8, 4) is 17.6 Å². The monoisotopic (exact) mass is 422 g/mol. The molecule has 0 saturated carbocycles. The van der Waals surface area contributed by atoms with Gasteiger partial charge in [-0.3, -0.25) is 4.90 Å². The predicted molar refractivity (Wildman–Crippen MR) is 128 cm³/mol. The largest absolute Gasteiger partial charge is 0.497 e. The zero-order valence-corrected chi connectivity index (χ0v) is 20.5. The van der Waals surface area contributed by atoms with Crippen LogP contribution in [0, 0.1) is 31.1 Å². The minimum Gasteiger partial charge on any atom is -0.497 e. The molecule has 0 heterocycles. The summed E-state index contributed by atoms with van der Waals surface area (Å²) < 4.78 is 10.9. The summed E-state index contributed by atoms with van der Waals surface area (Å²) in [6, 6.07) is 15.5. The van der Waals surface area contributed by atoms with Crippen molar-refractivity contribution in [2.24, 2.45) is 5.92 Å². The lowest BCUT2D eigenvalue weighted by Crippen LogP contribution is -2.32. The zero-order chi connectivity index (χ0) is 23.2. The Bertz CT molecular complexity index is 894. The van der Waals surface area contributed by atoms with Crippen LogP contribution in [-0.4, -0.2) is 32.7 Å². The first-order valence-corrected chi connectivity index (χ1v) is 11.1. The molecule has 0 amide bonds. The Hall–Kier alpha value is -2.51. The Morgan fingerprint density at radius 3 is 2.06 bits per heavy atom. The predicted octanol–water partition coefficient (Wildman–Crippen LogP) is 6.21. The van der Waals surface area contributed by atoms with Crippen LogP contribution in [0.4, 0.5) is 0 Å². The second kappa shape index (κ2) is 10.7.